The molecule has 1 aliphatic rings. The Morgan fingerprint density at radius 3 is 2.79 bits per heavy atom. The molecule has 0 radical (unpaired) electrons. The number of rotatable bonds is 2. The first-order valence-corrected chi connectivity index (χ1v) is 5.87. The number of amides is 2. The number of nitrogens with zero attached hydrogens (tertiary/aromatic N) is 2. The van der Waals surface area contributed by atoms with Gasteiger partial charge in [0.25, 0.3) is 0 Å². The van der Waals surface area contributed by atoms with Crippen molar-refractivity contribution in [2.24, 2.45) is 0 Å². The summed E-state index contributed by atoms with van der Waals surface area (Å²) in [6.07, 6.45) is 3.06. The number of halogens is 1. The van der Waals surface area contributed by atoms with Gasteiger partial charge in [-0.15, -0.1) is 12.4 Å². The van der Waals surface area contributed by atoms with E-state index in [1.807, 2.05) is 0 Å². The highest BCUT2D eigenvalue weighted by Crippen LogP contribution is 2.19. The second kappa shape index (κ2) is 6.38. The van der Waals surface area contributed by atoms with Gasteiger partial charge in [-0.05, 0) is 25.0 Å². The number of carbonyl (C=O) groups excluding carboxylic acids is 2. The van der Waals surface area contributed by atoms with Crippen molar-refractivity contribution < 1.29 is 9.59 Å². The molecule has 0 saturated carbocycles. The molecule has 1 fully saturated rings. The largest absolute Gasteiger partial charge is 0.384 e. The first-order chi connectivity index (χ1) is 8.58. The zero-order valence-corrected chi connectivity index (χ0v) is 11.4. The lowest BCUT2D eigenvalue weighted by Gasteiger charge is -2.22. The molecule has 0 aliphatic carbocycles. The SMILES string of the molecule is CC(=O)N1CCCC1C(=O)Nc1ccc(N)nc1.Cl. The maximum atomic E-state index is 12.1. The maximum Gasteiger partial charge on any atom is 0.247 e. The average Bonchev–Trinajstić information content (AvgIpc) is 2.81. The fourth-order valence-electron chi connectivity index (χ4n) is 2.12. The number of nitrogens with one attached hydrogen (secondary N) is 1. The third kappa shape index (κ3) is 3.57. The molecule has 0 aromatic carbocycles. The van der Waals surface area contributed by atoms with Gasteiger partial charge >= 0.3 is 0 Å². The van der Waals surface area contributed by atoms with Crippen LogP contribution in [0.2, 0.25) is 0 Å². The van der Waals surface area contributed by atoms with E-state index in [2.05, 4.69) is 10.3 Å². The summed E-state index contributed by atoms with van der Waals surface area (Å²) in [4.78, 5) is 28.9. The molecule has 1 aromatic rings. The van der Waals surface area contributed by atoms with Crippen molar-refractivity contribution in [2.45, 2.75) is 25.8 Å². The van der Waals surface area contributed by atoms with Crippen LogP contribution in [0, 0.1) is 0 Å². The minimum absolute atomic E-state index is 0. The van der Waals surface area contributed by atoms with Crippen LogP contribution in [0.1, 0.15) is 19.8 Å². The Labute approximate surface area is 117 Å². The summed E-state index contributed by atoms with van der Waals surface area (Å²) in [7, 11) is 0. The first-order valence-electron chi connectivity index (χ1n) is 5.87. The topological polar surface area (TPSA) is 88.3 Å². The van der Waals surface area contributed by atoms with Crippen LogP contribution in [0.5, 0.6) is 0 Å². The number of nitrogens with two attached hydrogens (primary N) is 1. The summed E-state index contributed by atoms with van der Waals surface area (Å²) in [6, 6.07) is 2.93. The number of hydrogen-bond donors (Lipinski definition) is 2. The van der Waals surface area contributed by atoms with Crippen molar-refractivity contribution >= 4 is 35.7 Å². The molecule has 104 valence electrons. The number of likely N-dealkylation sites (tertiary alicyclic amines) is 1. The Balaban J connectivity index is 0.00000180. The van der Waals surface area contributed by atoms with Crippen molar-refractivity contribution in [3.63, 3.8) is 0 Å². The molecule has 1 atom stereocenters. The predicted octanol–water partition coefficient (Wildman–Crippen LogP) is 1.03. The molecule has 1 aliphatic heterocycles. The Hall–Kier alpha value is -1.82. The van der Waals surface area contributed by atoms with Crippen LogP contribution in [0.25, 0.3) is 0 Å². The Kier molecular flexibility index (Phi) is 5.11. The monoisotopic (exact) mass is 284 g/mol. The Morgan fingerprint density at radius 2 is 2.21 bits per heavy atom. The third-order valence-corrected chi connectivity index (χ3v) is 3.01. The summed E-state index contributed by atoms with van der Waals surface area (Å²) in [5.41, 5.74) is 6.05. The van der Waals surface area contributed by atoms with E-state index in [-0.39, 0.29) is 30.3 Å². The molecule has 3 N–H and O–H groups in total. The van der Waals surface area contributed by atoms with Gasteiger partial charge < -0.3 is 16.0 Å². The van der Waals surface area contributed by atoms with Crippen LogP contribution in [0.15, 0.2) is 18.3 Å². The van der Waals surface area contributed by atoms with Gasteiger partial charge in [0.2, 0.25) is 11.8 Å². The Morgan fingerprint density at radius 1 is 1.47 bits per heavy atom. The van der Waals surface area contributed by atoms with Gasteiger partial charge in [-0.25, -0.2) is 4.98 Å². The van der Waals surface area contributed by atoms with E-state index in [1.54, 1.807) is 17.0 Å². The van der Waals surface area contributed by atoms with Crippen molar-refractivity contribution in [2.75, 3.05) is 17.6 Å². The van der Waals surface area contributed by atoms with Gasteiger partial charge in [0.05, 0.1) is 11.9 Å². The standard InChI is InChI=1S/C12H16N4O2.ClH/c1-8(17)16-6-2-3-10(16)12(18)15-9-4-5-11(13)14-7-9;/h4-5,7,10H,2-3,6H2,1H3,(H2,13,14)(H,15,18);1H. The number of hydrogen-bond acceptors (Lipinski definition) is 4. The minimum Gasteiger partial charge on any atom is -0.384 e. The molecule has 1 unspecified atom stereocenters. The van der Waals surface area contributed by atoms with Gasteiger partial charge in [0.1, 0.15) is 11.9 Å². The first kappa shape index (κ1) is 15.2. The van der Waals surface area contributed by atoms with Gasteiger partial charge in [-0.1, -0.05) is 0 Å². The second-order valence-electron chi connectivity index (χ2n) is 4.33. The summed E-state index contributed by atoms with van der Waals surface area (Å²) in [6.45, 7) is 2.13. The van der Waals surface area contributed by atoms with E-state index in [4.69, 9.17) is 5.73 Å². The van der Waals surface area contributed by atoms with Crippen LogP contribution in [-0.4, -0.2) is 34.3 Å². The van der Waals surface area contributed by atoms with E-state index in [0.717, 1.165) is 6.42 Å². The third-order valence-electron chi connectivity index (χ3n) is 3.01. The highest BCUT2D eigenvalue weighted by atomic mass is 35.5. The lowest BCUT2D eigenvalue weighted by atomic mass is 10.2. The highest BCUT2D eigenvalue weighted by Gasteiger charge is 2.32. The van der Waals surface area contributed by atoms with E-state index >= 15 is 0 Å². The van der Waals surface area contributed by atoms with Gasteiger partial charge in [-0.3, -0.25) is 9.59 Å². The molecule has 7 heteroatoms. The predicted molar refractivity (Wildman–Crippen MR) is 74.9 cm³/mol. The zero-order valence-electron chi connectivity index (χ0n) is 10.6. The number of nitrogen functional groups attached to an aromatic ring is 1. The molecule has 2 rings (SSSR count). The van der Waals surface area contributed by atoms with Crippen molar-refractivity contribution in [3.8, 4) is 0 Å². The highest BCUT2D eigenvalue weighted by molar-refractivity contribution is 5.97. The summed E-state index contributed by atoms with van der Waals surface area (Å²) in [5, 5.41) is 2.75. The Bertz CT molecular complexity index is 463. The molecular formula is C12H17ClN4O2. The molecule has 1 saturated heterocycles. The maximum absolute atomic E-state index is 12.1. The van der Waals surface area contributed by atoms with Crippen LogP contribution >= 0.6 is 12.4 Å². The van der Waals surface area contributed by atoms with Gasteiger partial charge in [0.15, 0.2) is 0 Å². The molecular weight excluding hydrogens is 268 g/mol. The number of aromatic nitrogens is 1. The summed E-state index contributed by atoms with van der Waals surface area (Å²) in [5.74, 6) is 0.164. The minimum atomic E-state index is -0.375. The van der Waals surface area contributed by atoms with Gasteiger partial charge in [0, 0.05) is 13.5 Å². The fourth-order valence-corrected chi connectivity index (χ4v) is 2.12. The van der Waals surface area contributed by atoms with E-state index in [9.17, 15) is 9.59 Å². The lowest BCUT2D eigenvalue weighted by molar-refractivity contribution is -0.134. The summed E-state index contributed by atoms with van der Waals surface area (Å²) >= 11 is 0. The molecule has 2 heterocycles. The average molecular weight is 285 g/mol. The van der Waals surface area contributed by atoms with Crippen LogP contribution < -0.4 is 11.1 Å². The van der Waals surface area contributed by atoms with E-state index < -0.39 is 0 Å². The molecule has 0 bridgehead atoms. The molecule has 19 heavy (non-hydrogen) atoms. The zero-order chi connectivity index (χ0) is 13.1. The number of pyridine rings is 1. The van der Waals surface area contributed by atoms with Crippen molar-refractivity contribution in [3.05, 3.63) is 18.3 Å². The number of anilines is 2. The number of carbonyl (C=O) groups is 2. The summed E-state index contributed by atoms with van der Waals surface area (Å²) < 4.78 is 0. The van der Waals surface area contributed by atoms with Crippen molar-refractivity contribution in [1.82, 2.24) is 9.88 Å². The lowest BCUT2D eigenvalue weighted by Crippen LogP contribution is -2.42. The van der Waals surface area contributed by atoms with Crippen LogP contribution in [0.3, 0.4) is 0 Å². The second-order valence-corrected chi connectivity index (χ2v) is 4.33. The normalized spacial score (nSPS) is 17.7. The molecule has 1 aromatic heterocycles. The fraction of sp³-hybridized carbons (Fsp3) is 0.417. The smallest absolute Gasteiger partial charge is 0.247 e. The van der Waals surface area contributed by atoms with E-state index in [0.29, 0.717) is 24.5 Å². The van der Waals surface area contributed by atoms with Crippen LogP contribution in [0.4, 0.5) is 11.5 Å². The molecule has 2 amide bonds. The molecule has 6 nitrogen and oxygen atoms in total. The van der Waals surface area contributed by atoms with Crippen LogP contribution in [-0.2, 0) is 9.59 Å². The quantitative estimate of drug-likeness (QED) is 0.849. The van der Waals surface area contributed by atoms with E-state index in [1.165, 1.54) is 13.1 Å². The van der Waals surface area contributed by atoms with Crippen molar-refractivity contribution in [1.29, 1.82) is 0 Å². The molecule has 0 spiro atoms. The van der Waals surface area contributed by atoms with Gasteiger partial charge in [-0.2, -0.15) is 0 Å².